The largest absolute Gasteiger partial charge is 0.489 e. The van der Waals surface area contributed by atoms with Gasteiger partial charge in [-0.2, -0.15) is 0 Å². The monoisotopic (exact) mass is 356 g/mol. The molecular formula is C21H25FN2O2. The summed E-state index contributed by atoms with van der Waals surface area (Å²) in [5.41, 5.74) is 1.95. The molecule has 5 heteroatoms. The van der Waals surface area contributed by atoms with Gasteiger partial charge in [-0.15, -0.1) is 0 Å². The van der Waals surface area contributed by atoms with Gasteiger partial charge in [0.25, 0.3) is 0 Å². The number of amides is 1. The molecule has 1 fully saturated rings. The van der Waals surface area contributed by atoms with E-state index in [4.69, 9.17) is 4.74 Å². The van der Waals surface area contributed by atoms with Crippen LogP contribution in [0, 0.1) is 17.7 Å². The average Bonchev–Trinajstić information content (AvgIpc) is 2.60. The van der Waals surface area contributed by atoms with Gasteiger partial charge in [0.15, 0.2) is 0 Å². The third kappa shape index (κ3) is 4.61. The quantitative estimate of drug-likeness (QED) is 0.799. The summed E-state index contributed by atoms with van der Waals surface area (Å²) in [4.78, 5) is 12.3. The zero-order valence-electron chi connectivity index (χ0n) is 15.2. The highest BCUT2D eigenvalue weighted by molar-refractivity contribution is 5.79. The van der Waals surface area contributed by atoms with Crippen LogP contribution in [0.25, 0.3) is 0 Å². The Kier molecular flexibility index (Phi) is 5.89. The normalized spacial score (nSPS) is 16.4. The number of halogens is 1. The van der Waals surface area contributed by atoms with Gasteiger partial charge in [0.1, 0.15) is 18.2 Å². The predicted molar refractivity (Wildman–Crippen MR) is 99.3 cm³/mol. The molecule has 3 rings (SSSR count). The molecule has 1 heterocycles. The number of benzene rings is 2. The zero-order chi connectivity index (χ0) is 18.5. The van der Waals surface area contributed by atoms with Crippen molar-refractivity contribution in [3.63, 3.8) is 0 Å². The number of rotatable bonds is 7. The van der Waals surface area contributed by atoms with E-state index in [-0.39, 0.29) is 23.7 Å². The topological polar surface area (TPSA) is 50.4 Å². The summed E-state index contributed by atoms with van der Waals surface area (Å²) in [6.07, 6.45) is 0. The molecule has 1 amide bonds. The average molecular weight is 356 g/mol. The first kappa shape index (κ1) is 18.4. The van der Waals surface area contributed by atoms with E-state index in [1.165, 1.54) is 12.1 Å². The second-order valence-corrected chi connectivity index (χ2v) is 6.92. The van der Waals surface area contributed by atoms with Crippen LogP contribution >= 0.6 is 0 Å². The van der Waals surface area contributed by atoms with Crippen molar-refractivity contribution in [3.05, 3.63) is 65.5 Å². The van der Waals surface area contributed by atoms with Crippen molar-refractivity contribution < 1.29 is 13.9 Å². The molecule has 0 bridgehead atoms. The minimum atomic E-state index is -0.253. The lowest BCUT2D eigenvalue weighted by molar-refractivity contribution is -0.127. The summed E-state index contributed by atoms with van der Waals surface area (Å²) in [5.74, 6) is 1.05. The van der Waals surface area contributed by atoms with Gasteiger partial charge in [-0.1, -0.05) is 31.2 Å². The minimum Gasteiger partial charge on any atom is -0.489 e. The molecule has 0 saturated carbocycles. The summed E-state index contributed by atoms with van der Waals surface area (Å²) in [6.45, 7) is 6.20. The molecule has 138 valence electrons. The highest BCUT2D eigenvalue weighted by Gasteiger charge is 2.29. The SMILES string of the molecule is CC(NC(=O)C(C)C1CNC1)c1ccc(OCc2ccc(F)cc2)cc1. The minimum absolute atomic E-state index is 0.0250. The van der Waals surface area contributed by atoms with Gasteiger partial charge in [0.05, 0.1) is 6.04 Å². The highest BCUT2D eigenvalue weighted by Crippen LogP contribution is 2.21. The van der Waals surface area contributed by atoms with Crippen LogP contribution in [-0.2, 0) is 11.4 Å². The van der Waals surface area contributed by atoms with Crippen LogP contribution < -0.4 is 15.4 Å². The first-order valence-electron chi connectivity index (χ1n) is 9.01. The van der Waals surface area contributed by atoms with E-state index in [1.807, 2.05) is 38.1 Å². The van der Waals surface area contributed by atoms with Crippen LogP contribution in [0.4, 0.5) is 4.39 Å². The van der Waals surface area contributed by atoms with Crippen LogP contribution in [0.5, 0.6) is 5.75 Å². The number of carbonyl (C=O) groups is 1. The van der Waals surface area contributed by atoms with Crippen molar-refractivity contribution >= 4 is 5.91 Å². The molecule has 2 atom stereocenters. The molecular weight excluding hydrogens is 331 g/mol. The molecule has 1 aliphatic heterocycles. The number of carbonyl (C=O) groups excluding carboxylic acids is 1. The number of hydrogen-bond acceptors (Lipinski definition) is 3. The number of hydrogen-bond donors (Lipinski definition) is 2. The van der Waals surface area contributed by atoms with Crippen molar-refractivity contribution in [1.82, 2.24) is 10.6 Å². The molecule has 2 aromatic carbocycles. The van der Waals surface area contributed by atoms with Gasteiger partial charge >= 0.3 is 0 Å². The van der Waals surface area contributed by atoms with Gasteiger partial charge in [0.2, 0.25) is 5.91 Å². The summed E-state index contributed by atoms with van der Waals surface area (Å²) in [7, 11) is 0. The van der Waals surface area contributed by atoms with Crippen molar-refractivity contribution in [2.75, 3.05) is 13.1 Å². The first-order valence-corrected chi connectivity index (χ1v) is 9.01. The lowest BCUT2D eigenvalue weighted by atomic mass is 9.88. The Morgan fingerprint density at radius 1 is 1.15 bits per heavy atom. The standard InChI is InChI=1S/C21H25FN2O2/c1-14(18-11-23-12-18)21(25)24-15(2)17-5-9-20(10-6-17)26-13-16-3-7-19(22)8-4-16/h3-10,14-15,18,23H,11-13H2,1-2H3,(H,24,25). The fraction of sp³-hybridized carbons (Fsp3) is 0.381. The van der Waals surface area contributed by atoms with Crippen LogP contribution in [0.15, 0.2) is 48.5 Å². The summed E-state index contributed by atoms with van der Waals surface area (Å²) >= 11 is 0. The Morgan fingerprint density at radius 3 is 2.38 bits per heavy atom. The summed E-state index contributed by atoms with van der Waals surface area (Å²) in [6, 6.07) is 13.9. The molecule has 4 nitrogen and oxygen atoms in total. The van der Waals surface area contributed by atoms with Crippen LogP contribution in [0.3, 0.4) is 0 Å². The third-order valence-corrected chi connectivity index (χ3v) is 4.99. The second-order valence-electron chi connectivity index (χ2n) is 6.92. The van der Waals surface area contributed by atoms with Crippen molar-refractivity contribution in [2.45, 2.75) is 26.5 Å². The third-order valence-electron chi connectivity index (χ3n) is 4.99. The Bertz CT molecular complexity index is 727. The molecule has 2 aromatic rings. The lowest BCUT2D eigenvalue weighted by Crippen LogP contribution is -2.49. The maximum Gasteiger partial charge on any atom is 0.223 e. The van der Waals surface area contributed by atoms with Gasteiger partial charge in [-0.25, -0.2) is 4.39 Å². The fourth-order valence-electron chi connectivity index (χ4n) is 2.91. The van der Waals surface area contributed by atoms with E-state index in [0.717, 1.165) is 30.0 Å². The molecule has 1 aliphatic rings. The van der Waals surface area contributed by atoms with Gasteiger partial charge in [0, 0.05) is 5.92 Å². The van der Waals surface area contributed by atoms with Gasteiger partial charge in [-0.05, 0) is 61.3 Å². The van der Waals surface area contributed by atoms with Gasteiger partial charge in [-0.3, -0.25) is 4.79 Å². The molecule has 26 heavy (non-hydrogen) atoms. The molecule has 2 N–H and O–H groups in total. The Labute approximate surface area is 153 Å². The lowest BCUT2D eigenvalue weighted by Gasteiger charge is -2.32. The van der Waals surface area contributed by atoms with E-state index < -0.39 is 0 Å². The highest BCUT2D eigenvalue weighted by atomic mass is 19.1. The molecule has 2 unspecified atom stereocenters. The molecule has 0 aliphatic carbocycles. The Morgan fingerprint density at radius 2 is 1.81 bits per heavy atom. The smallest absolute Gasteiger partial charge is 0.223 e. The predicted octanol–water partition coefficient (Wildman–Crippen LogP) is 3.44. The summed E-state index contributed by atoms with van der Waals surface area (Å²) < 4.78 is 18.6. The van der Waals surface area contributed by atoms with Crippen LogP contribution in [0.1, 0.15) is 31.0 Å². The zero-order valence-corrected chi connectivity index (χ0v) is 15.2. The van der Waals surface area contributed by atoms with Gasteiger partial charge < -0.3 is 15.4 Å². The maximum atomic E-state index is 12.9. The Balaban J connectivity index is 1.51. The van der Waals surface area contributed by atoms with E-state index in [0.29, 0.717) is 12.5 Å². The molecule has 0 radical (unpaired) electrons. The maximum absolute atomic E-state index is 12.9. The number of nitrogens with one attached hydrogen (secondary N) is 2. The second kappa shape index (κ2) is 8.32. The van der Waals surface area contributed by atoms with E-state index in [9.17, 15) is 9.18 Å². The van der Waals surface area contributed by atoms with Crippen molar-refractivity contribution in [1.29, 1.82) is 0 Å². The fourth-order valence-corrected chi connectivity index (χ4v) is 2.91. The molecule has 0 aromatic heterocycles. The molecule has 1 saturated heterocycles. The molecule has 0 spiro atoms. The Hall–Kier alpha value is -2.40. The van der Waals surface area contributed by atoms with E-state index in [1.54, 1.807) is 12.1 Å². The van der Waals surface area contributed by atoms with E-state index in [2.05, 4.69) is 10.6 Å². The van der Waals surface area contributed by atoms with Crippen molar-refractivity contribution in [3.8, 4) is 5.75 Å². The number of ether oxygens (including phenoxy) is 1. The first-order chi connectivity index (χ1) is 12.5. The van der Waals surface area contributed by atoms with Crippen LogP contribution in [-0.4, -0.2) is 19.0 Å². The van der Waals surface area contributed by atoms with E-state index >= 15 is 0 Å². The summed E-state index contributed by atoms with van der Waals surface area (Å²) in [5, 5.41) is 6.29. The van der Waals surface area contributed by atoms with Crippen LogP contribution in [0.2, 0.25) is 0 Å². The van der Waals surface area contributed by atoms with Crippen molar-refractivity contribution in [2.24, 2.45) is 11.8 Å².